The highest BCUT2D eigenvalue weighted by Crippen LogP contribution is 2.53. The van der Waals surface area contributed by atoms with Gasteiger partial charge in [0.2, 0.25) is 11.7 Å². The number of primary amides is 1. The Hall–Kier alpha value is -2.99. The SMILES string of the molecule is CN(C)c1cc(CNCC2CCCCC2)c(O)c2c1C[C@@H]1C[C@@H]3[C@@H](N(C)C)C(O)C(C(N)=O)C(=O)[C@]3(O)C(=O)C1=C2O. The number of hydrogen-bond acceptors (Lipinski definition) is 10. The number of aromatic hydroxyl groups is 1. The molecule has 0 saturated heterocycles. The minimum atomic E-state index is -2.66. The van der Waals surface area contributed by atoms with Crippen LogP contribution in [0.5, 0.6) is 5.75 Å². The highest BCUT2D eigenvalue weighted by atomic mass is 16.3. The largest absolute Gasteiger partial charge is 0.507 e. The Morgan fingerprint density at radius 3 is 2.38 bits per heavy atom. The third kappa shape index (κ3) is 4.70. The lowest BCUT2D eigenvalue weighted by Crippen LogP contribution is -2.73. The second-order valence-electron chi connectivity index (χ2n) is 13.1. The number of ketones is 2. The molecule has 0 aliphatic heterocycles. The molecular formula is C31H44N4O7. The van der Waals surface area contributed by atoms with Crippen molar-refractivity contribution in [2.24, 2.45) is 29.4 Å². The van der Waals surface area contributed by atoms with Gasteiger partial charge in [-0.05, 0) is 69.8 Å². The lowest BCUT2D eigenvalue weighted by molar-refractivity contribution is -0.184. The van der Waals surface area contributed by atoms with Crippen LogP contribution in [0.4, 0.5) is 5.69 Å². The molecule has 4 aliphatic rings. The molecule has 3 fully saturated rings. The summed E-state index contributed by atoms with van der Waals surface area (Å²) < 4.78 is 0. The van der Waals surface area contributed by atoms with Crippen molar-refractivity contribution in [3.63, 3.8) is 0 Å². The number of phenolic OH excluding ortho intramolecular Hbond substituents is 1. The summed E-state index contributed by atoms with van der Waals surface area (Å²) in [4.78, 5) is 43.4. The molecule has 3 saturated carbocycles. The lowest BCUT2D eigenvalue weighted by atomic mass is 9.54. The molecule has 0 spiro atoms. The van der Waals surface area contributed by atoms with Gasteiger partial charge < -0.3 is 41.3 Å². The molecule has 11 nitrogen and oxygen atoms in total. The molecule has 0 heterocycles. The molecule has 2 unspecified atom stereocenters. The van der Waals surface area contributed by atoms with E-state index in [0.717, 1.165) is 12.2 Å². The zero-order valence-electron chi connectivity index (χ0n) is 24.9. The van der Waals surface area contributed by atoms with E-state index in [4.69, 9.17) is 5.73 Å². The van der Waals surface area contributed by atoms with Crippen molar-refractivity contribution in [1.82, 2.24) is 10.2 Å². The van der Waals surface area contributed by atoms with Gasteiger partial charge in [0.25, 0.3) is 0 Å². The van der Waals surface area contributed by atoms with Gasteiger partial charge in [0.1, 0.15) is 17.4 Å². The number of anilines is 1. The number of aliphatic hydroxyl groups is 3. The van der Waals surface area contributed by atoms with Crippen LogP contribution in [-0.4, -0.2) is 95.3 Å². The number of aliphatic hydroxyl groups excluding tert-OH is 2. The molecule has 230 valence electrons. The molecule has 1 aromatic carbocycles. The first kappa shape index (κ1) is 30.5. The van der Waals surface area contributed by atoms with Gasteiger partial charge in [-0.25, -0.2) is 0 Å². The number of nitrogens with zero attached hydrogens (tertiary/aromatic N) is 2. The monoisotopic (exact) mass is 584 g/mol. The van der Waals surface area contributed by atoms with Crippen molar-refractivity contribution in [3.8, 4) is 5.75 Å². The number of nitrogens with two attached hydrogens (primary N) is 1. The zero-order chi connectivity index (χ0) is 30.7. The molecule has 7 N–H and O–H groups in total. The fourth-order valence-electron chi connectivity index (χ4n) is 8.04. The quantitative estimate of drug-likeness (QED) is 0.252. The van der Waals surface area contributed by atoms with Crippen LogP contribution in [-0.2, 0) is 27.3 Å². The number of Topliss-reactive ketones (excluding diaryl/α,β-unsaturated/α-hetero) is 2. The lowest BCUT2D eigenvalue weighted by Gasteiger charge is -2.53. The van der Waals surface area contributed by atoms with E-state index in [-0.39, 0.29) is 29.7 Å². The number of phenols is 1. The Morgan fingerprint density at radius 2 is 1.79 bits per heavy atom. The van der Waals surface area contributed by atoms with Crippen LogP contribution in [0.2, 0.25) is 0 Å². The van der Waals surface area contributed by atoms with Gasteiger partial charge in [0.15, 0.2) is 11.4 Å². The molecule has 6 atom stereocenters. The number of hydrogen-bond donors (Lipinski definition) is 6. The molecule has 42 heavy (non-hydrogen) atoms. The summed E-state index contributed by atoms with van der Waals surface area (Å²) in [6.45, 7) is 1.18. The van der Waals surface area contributed by atoms with Gasteiger partial charge in [-0.2, -0.15) is 0 Å². The second-order valence-corrected chi connectivity index (χ2v) is 13.1. The maximum Gasteiger partial charge on any atom is 0.230 e. The number of carbonyl (C=O) groups excluding carboxylic acids is 3. The molecule has 4 aliphatic carbocycles. The molecule has 11 heteroatoms. The molecular weight excluding hydrogens is 540 g/mol. The normalized spacial score (nSPS) is 31.5. The second kappa shape index (κ2) is 11.3. The standard InChI is InChI=1S/C31H44N4O7/c1-34(2)20-12-17(14-33-13-15-8-6-5-7-9-15)25(36)22-18(20)10-16-11-19-24(35(3)4)27(38)23(30(32)41)29(40)31(19,42)28(39)21(16)26(22)37/h12,15-16,19,23-24,27,33,36-38,42H,5-11,13-14H2,1-4H3,(H2,32,41)/t16-,19-,23?,24-,27?,31-/m1/s1. The minimum absolute atomic E-state index is 0.0938. The molecule has 0 aromatic heterocycles. The number of likely N-dealkylation sites (N-methyl/N-ethyl adjacent to an activating group) is 1. The summed E-state index contributed by atoms with van der Waals surface area (Å²) in [6.07, 6.45) is 4.92. The predicted molar refractivity (Wildman–Crippen MR) is 157 cm³/mol. The molecule has 0 radical (unpaired) electrons. The van der Waals surface area contributed by atoms with Crippen molar-refractivity contribution in [1.29, 1.82) is 0 Å². The molecule has 0 bridgehead atoms. The molecule has 1 amide bonds. The van der Waals surface area contributed by atoms with Gasteiger partial charge in [0, 0.05) is 49.4 Å². The van der Waals surface area contributed by atoms with Gasteiger partial charge in [-0.3, -0.25) is 14.4 Å². The van der Waals surface area contributed by atoms with Crippen LogP contribution in [0, 0.1) is 23.7 Å². The predicted octanol–water partition coefficient (Wildman–Crippen LogP) is 0.865. The summed E-state index contributed by atoms with van der Waals surface area (Å²) in [5, 5.41) is 49.4. The van der Waals surface area contributed by atoms with Crippen LogP contribution in [0.15, 0.2) is 11.6 Å². The van der Waals surface area contributed by atoms with E-state index in [1.807, 2.05) is 25.1 Å². The van der Waals surface area contributed by atoms with E-state index in [1.54, 1.807) is 19.0 Å². The van der Waals surface area contributed by atoms with Gasteiger partial charge in [-0.1, -0.05) is 19.3 Å². The number of benzene rings is 1. The number of rotatable bonds is 7. The third-order valence-corrected chi connectivity index (χ3v) is 10.1. The third-order valence-electron chi connectivity index (χ3n) is 10.1. The number of nitrogens with one attached hydrogen (secondary N) is 1. The Kier molecular flexibility index (Phi) is 8.17. The smallest absolute Gasteiger partial charge is 0.230 e. The number of amides is 1. The topological polar surface area (TPSA) is 177 Å². The average molecular weight is 585 g/mol. The van der Waals surface area contributed by atoms with Crippen LogP contribution >= 0.6 is 0 Å². The Labute approximate surface area is 246 Å². The first-order valence-electron chi connectivity index (χ1n) is 14.9. The van der Waals surface area contributed by atoms with Gasteiger partial charge in [-0.15, -0.1) is 0 Å². The Morgan fingerprint density at radius 1 is 1.12 bits per heavy atom. The maximum absolute atomic E-state index is 14.1. The maximum atomic E-state index is 14.1. The van der Waals surface area contributed by atoms with E-state index >= 15 is 0 Å². The molecule has 1 aromatic rings. The zero-order valence-corrected chi connectivity index (χ0v) is 24.9. The fourth-order valence-corrected chi connectivity index (χ4v) is 8.04. The molecule has 5 rings (SSSR count). The summed E-state index contributed by atoms with van der Waals surface area (Å²) in [5.41, 5.74) is 4.80. The van der Waals surface area contributed by atoms with E-state index in [1.165, 1.54) is 32.1 Å². The summed E-state index contributed by atoms with van der Waals surface area (Å²) in [5.74, 6) is -6.74. The fraction of sp³-hybridized carbons (Fsp3) is 0.645. The average Bonchev–Trinajstić information content (AvgIpc) is 2.92. The minimum Gasteiger partial charge on any atom is -0.507 e. The van der Waals surface area contributed by atoms with E-state index in [9.17, 15) is 34.8 Å². The van der Waals surface area contributed by atoms with Crippen LogP contribution in [0.1, 0.15) is 55.2 Å². The summed E-state index contributed by atoms with van der Waals surface area (Å²) >= 11 is 0. The Balaban J connectivity index is 1.57. The van der Waals surface area contributed by atoms with Gasteiger partial charge in [0.05, 0.1) is 11.7 Å². The van der Waals surface area contributed by atoms with Gasteiger partial charge >= 0.3 is 0 Å². The van der Waals surface area contributed by atoms with E-state index < -0.39 is 58.7 Å². The van der Waals surface area contributed by atoms with Crippen molar-refractivity contribution in [3.05, 3.63) is 28.3 Å². The number of fused-ring (bicyclic) bond motifs is 3. The van der Waals surface area contributed by atoms with E-state index in [2.05, 4.69) is 5.32 Å². The summed E-state index contributed by atoms with van der Waals surface area (Å²) in [6, 6.07) is 0.980. The van der Waals surface area contributed by atoms with Crippen molar-refractivity contribution >= 4 is 28.9 Å². The summed E-state index contributed by atoms with van der Waals surface area (Å²) in [7, 11) is 7.01. The highest BCUT2D eigenvalue weighted by Gasteiger charge is 2.67. The van der Waals surface area contributed by atoms with Crippen molar-refractivity contribution in [2.45, 2.75) is 69.2 Å². The van der Waals surface area contributed by atoms with Crippen molar-refractivity contribution < 1.29 is 34.8 Å². The van der Waals surface area contributed by atoms with E-state index in [0.29, 0.717) is 23.6 Å². The van der Waals surface area contributed by atoms with Crippen LogP contribution in [0.3, 0.4) is 0 Å². The number of carbonyl (C=O) groups is 3. The Bertz CT molecular complexity index is 1320. The van der Waals surface area contributed by atoms with Crippen molar-refractivity contribution in [2.75, 3.05) is 39.6 Å². The van der Waals surface area contributed by atoms with Crippen LogP contribution < -0.4 is 16.0 Å². The highest BCUT2D eigenvalue weighted by molar-refractivity contribution is 6.25. The first-order chi connectivity index (χ1) is 19.8. The first-order valence-corrected chi connectivity index (χ1v) is 14.9. The van der Waals surface area contributed by atoms with Crippen LogP contribution in [0.25, 0.3) is 5.76 Å².